The van der Waals surface area contributed by atoms with E-state index in [2.05, 4.69) is 4.98 Å². The third-order valence-electron chi connectivity index (χ3n) is 4.46. The van der Waals surface area contributed by atoms with Crippen molar-refractivity contribution < 1.29 is 12.8 Å². The maximum absolute atomic E-state index is 13.9. The lowest BCUT2D eigenvalue weighted by Crippen LogP contribution is -2.39. The third-order valence-corrected chi connectivity index (χ3v) is 6.41. The molecule has 0 amide bonds. The maximum Gasteiger partial charge on any atom is 0.282 e. The first-order valence-corrected chi connectivity index (χ1v) is 9.68. The molecule has 5 nitrogen and oxygen atoms in total. The highest BCUT2D eigenvalue weighted by molar-refractivity contribution is 7.86. The molecule has 0 N–H and O–H groups in total. The van der Waals surface area contributed by atoms with E-state index < -0.39 is 10.2 Å². The second kappa shape index (κ2) is 7.19. The molecule has 0 aliphatic carbocycles. The fraction of sp³-hybridized carbons (Fsp3) is 0.389. The normalized spacial score (nSPS) is 18.8. The van der Waals surface area contributed by atoms with Crippen LogP contribution in [0.15, 0.2) is 42.5 Å². The van der Waals surface area contributed by atoms with E-state index in [1.165, 1.54) is 28.8 Å². The molecule has 1 saturated heterocycles. The van der Waals surface area contributed by atoms with Gasteiger partial charge < -0.3 is 0 Å². The Labute approximate surface area is 148 Å². The minimum absolute atomic E-state index is 0.257. The molecule has 3 rings (SSSR count). The zero-order valence-corrected chi connectivity index (χ0v) is 15.2. The molecule has 0 spiro atoms. The van der Waals surface area contributed by atoms with Crippen LogP contribution in [0, 0.1) is 5.82 Å². The van der Waals surface area contributed by atoms with Crippen molar-refractivity contribution in [1.82, 2.24) is 13.6 Å². The average Bonchev–Trinajstić information content (AvgIpc) is 3.07. The summed E-state index contributed by atoms with van der Waals surface area (Å²) in [5.41, 5.74) is 2.03. The Bertz CT molecular complexity index is 855. The molecule has 1 atom stereocenters. The monoisotopic (exact) mass is 363 g/mol. The van der Waals surface area contributed by atoms with Crippen LogP contribution < -0.4 is 0 Å². The Kier molecular flexibility index (Phi) is 5.17. The van der Waals surface area contributed by atoms with Crippen LogP contribution in [0.2, 0.25) is 0 Å². The first-order chi connectivity index (χ1) is 11.9. The molecule has 1 aliphatic heterocycles. The minimum atomic E-state index is -3.49. The molecule has 0 saturated carbocycles. The van der Waals surface area contributed by atoms with Gasteiger partial charge in [0.25, 0.3) is 10.2 Å². The number of hydrogen-bond acceptors (Lipinski definition) is 3. The fourth-order valence-electron chi connectivity index (χ4n) is 3.14. The van der Waals surface area contributed by atoms with Gasteiger partial charge in [0.05, 0.1) is 11.7 Å². The summed E-state index contributed by atoms with van der Waals surface area (Å²) in [7, 11) is -0.417. The zero-order chi connectivity index (χ0) is 18.0. The summed E-state index contributed by atoms with van der Waals surface area (Å²) in [6.07, 6.45) is 1.92. The van der Waals surface area contributed by atoms with Gasteiger partial charge in [-0.05, 0) is 36.6 Å². The molecule has 2 aromatic rings. The SMILES string of the molecule is CN(C)S(=O)(=O)N1CCC[C@@H]1c1cccc(Cc2ccccc2F)n1. The van der Waals surface area contributed by atoms with E-state index in [-0.39, 0.29) is 11.9 Å². The summed E-state index contributed by atoms with van der Waals surface area (Å²) in [4.78, 5) is 4.62. The maximum atomic E-state index is 13.9. The van der Waals surface area contributed by atoms with Crippen LogP contribution >= 0.6 is 0 Å². The lowest BCUT2D eigenvalue weighted by Gasteiger charge is -2.26. The van der Waals surface area contributed by atoms with Gasteiger partial charge in [-0.2, -0.15) is 17.0 Å². The first-order valence-electron chi connectivity index (χ1n) is 8.28. The first kappa shape index (κ1) is 18.0. The van der Waals surface area contributed by atoms with E-state index >= 15 is 0 Å². The molecule has 0 unspecified atom stereocenters. The number of pyridine rings is 1. The van der Waals surface area contributed by atoms with Gasteiger partial charge in [0.15, 0.2) is 0 Å². The second-order valence-electron chi connectivity index (χ2n) is 6.38. The van der Waals surface area contributed by atoms with E-state index in [9.17, 15) is 12.8 Å². The van der Waals surface area contributed by atoms with Crippen molar-refractivity contribution in [2.24, 2.45) is 0 Å². The van der Waals surface area contributed by atoms with Crippen LogP contribution in [-0.2, 0) is 16.6 Å². The number of benzene rings is 1. The highest BCUT2D eigenvalue weighted by Gasteiger charge is 2.37. The summed E-state index contributed by atoms with van der Waals surface area (Å²) >= 11 is 0. The standard InChI is InChI=1S/C18H22FN3O2S/c1-21(2)25(23,24)22-12-6-11-18(22)17-10-5-8-15(20-17)13-14-7-3-4-9-16(14)19/h3-5,7-10,18H,6,11-13H2,1-2H3/t18-/m1/s1. The average molecular weight is 363 g/mol. The predicted octanol–water partition coefficient (Wildman–Crippen LogP) is 2.75. The van der Waals surface area contributed by atoms with Gasteiger partial charge in [-0.15, -0.1) is 0 Å². The van der Waals surface area contributed by atoms with Gasteiger partial charge in [-0.3, -0.25) is 4.98 Å². The molecular weight excluding hydrogens is 341 g/mol. The number of nitrogens with zero attached hydrogens (tertiary/aromatic N) is 3. The molecule has 2 heterocycles. The Hall–Kier alpha value is -1.83. The fourth-order valence-corrected chi connectivity index (χ4v) is 4.46. The van der Waals surface area contributed by atoms with Crippen LogP contribution in [0.1, 0.15) is 35.8 Å². The topological polar surface area (TPSA) is 53.5 Å². The third kappa shape index (κ3) is 3.73. The van der Waals surface area contributed by atoms with Gasteiger partial charge >= 0.3 is 0 Å². The van der Waals surface area contributed by atoms with Crippen molar-refractivity contribution in [3.63, 3.8) is 0 Å². The van der Waals surface area contributed by atoms with Crippen LogP contribution in [0.5, 0.6) is 0 Å². The predicted molar refractivity (Wildman–Crippen MR) is 94.7 cm³/mol. The number of rotatable bonds is 5. The zero-order valence-electron chi connectivity index (χ0n) is 14.4. The smallest absolute Gasteiger partial charge is 0.256 e. The van der Waals surface area contributed by atoms with Crippen molar-refractivity contribution in [3.8, 4) is 0 Å². The minimum Gasteiger partial charge on any atom is -0.256 e. The number of aromatic nitrogens is 1. The van der Waals surface area contributed by atoms with E-state index in [1.54, 1.807) is 18.2 Å². The molecule has 134 valence electrons. The summed E-state index contributed by atoms with van der Waals surface area (Å²) in [5.74, 6) is -0.257. The molecule has 7 heteroatoms. The van der Waals surface area contributed by atoms with Gasteiger partial charge in [0.1, 0.15) is 5.82 Å². The van der Waals surface area contributed by atoms with Crippen molar-refractivity contribution in [2.45, 2.75) is 25.3 Å². The van der Waals surface area contributed by atoms with Crippen LogP contribution in [-0.4, -0.2) is 42.7 Å². The summed E-state index contributed by atoms with van der Waals surface area (Å²) < 4.78 is 41.6. The van der Waals surface area contributed by atoms with E-state index in [0.717, 1.165) is 24.2 Å². The lowest BCUT2D eigenvalue weighted by molar-refractivity contribution is 0.357. The molecule has 25 heavy (non-hydrogen) atoms. The summed E-state index contributed by atoms with van der Waals surface area (Å²) in [6.45, 7) is 0.490. The Balaban J connectivity index is 1.87. The van der Waals surface area contributed by atoms with Gasteiger partial charge in [0.2, 0.25) is 0 Å². The van der Waals surface area contributed by atoms with Crippen LogP contribution in [0.25, 0.3) is 0 Å². The van der Waals surface area contributed by atoms with Gasteiger partial charge in [-0.25, -0.2) is 4.39 Å². The highest BCUT2D eigenvalue weighted by Crippen LogP contribution is 2.34. The van der Waals surface area contributed by atoms with Crippen molar-refractivity contribution in [1.29, 1.82) is 0 Å². The van der Waals surface area contributed by atoms with Crippen LogP contribution in [0.4, 0.5) is 4.39 Å². The molecular formula is C18H22FN3O2S. The molecule has 1 aromatic heterocycles. The molecule has 0 bridgehead atoms. The Morgan fingerprint density at radius 1 is 1.20 bits per heavy atom. The second-order valence-corrected chi connectivity index (χ2v) is 8.48. The Morgan fingerprint density at radius 3 is 2.68 bits per heavy atom. The van der Waals surface area contributed by atoms with E-state index in [0.29, 0.717) is 18.5 Å². The number of hydrogen-bond donors (Lipinski definition) is 0. The molecule has 1 aromatic carbocycles. The van der Waals surface area contributed by atoms with Crippen molar-refractivity contribution in [3.05, 3.63) is 65.2 Å². The quantitative estimate of drug-likeness (QED) is 0.821. The van der Waals surface area contributed by atoms with E-state index in [1.807, 2.05) is 18.2 Å². The molecule has 1 fully saturated rings. The van der Waals surface area contributed by atoms with Crippen molar-refractivity contribution >= 4 is 10.2 Å². The number of halogens is 1. The van der Waals surface area contributed by atoms with Gasteiger partial charge in [-0.1, -0.05) is 24.3 Å². The Morgan fingerprint density at radius 2 is 1.96 bits per heavy atom. The van der Waals surface area contributed by atoms with Crippen molar-refractivity contribution in [2.75, 3.05) is 20.6 Å². The summed E-state index contributed by atoms with van der Waals surface area (Å²) in [6, 6.07) is 11.9. The van der Waals surface area contributed by atoms with Gasteiger partial charge in [0, 0.05) is 32.8 Å². The molecule has 0 radical (unpaired) electrons. The van der Waals surface area contributed by atoms with Crippen LogP contribution in [0.3, 0.4) is 0 Å². The largest absolute Gasteiger partial charge is 0.282 e. The molecule has 1 aliphatic rings. The van der Waals surface area contributed by atoms with E-state index in [4.69, 9.17) is 0 Å². The lowest BCUT2D eigenvalue weighted by atomic mass is 10.1. The highest BCUT2D eigenvalue weighted by atomic mass is 32.2. The summed E-state index contributed by atoms with van der Waals surface area (Å²) in [5, 5.41) is 0.